The van der Waals surface area contributed by atoms with Crippen molar-refractivity contribution >= 4 is 6.03 Å². The van der Waals surface area contributed by atoms with Crippen LogP contribution in [0.3, 0.4) is 0 Å². The van der Waals surface area contributed by atoms with Gasteiger partial charge in [0.25, 0.3) is 0 Å². The zero-order valence-corrected chi connectivity index (χ0v) is 21.8. The fourth-order valence-electron chi connectivity index (χ4n) is 5.68. The number of rotatable bonds is 13. The molecule has 0 bridgehead atoms. The molecule has 1 saturated carbocycles. The molecule has 7 heteroatoms. The van der Waals surface area contributed by atoms with E-state index in [1.54, 1.807) is 12.1 Å². The van der Waals surface area contributed by atoms with Crippen LogP contribution in [0.2, 0.25) is 0 Å². The van der Waals surface area contributed by atoms with Crippen LogP contribution >= 0.6 is 0 Å². The fraction of sp³-hybridized carbons (Fsp3) is 0.750. The summed E-state index contributed by atoms with van der Waals surface area (Å²) in [6, 6.07) is 6.86. The molecule has 3 atom stereocenters. The first-order valence-electron chi connectivity index (χ1n) is 13.8. The molecule has 35 heavy (non-hydrogen) atoms. The number of benzene rings is 1. The molecule has 198 valence electrons. The Kier molecular flexibility index (Phi) is 12.3. The summed E-state index contributed by atoms with van der Waals surface area (Å²) in [4.78, 5) is 15.2. The van der Waals surface area contributed by atoms with Gasteiger partial charge in [-0.25, -0.2) is 9.18 Å². The number of carbonyl (C=O) groups is 1. The van der Waals surface area contributed by atoms with Gasteiger partial charge >= 0.3 is 6.03 Å². The van der Waals surface area contributed by atoms with Crippen molar-refractivity contribution in [3.8, 4) is 0 Å². The van der Waals surface area contributed by atoms with Crippen LogP contribution in [0.5, 0.6) is 0 Å². The van der Waals surface area contributed by atoms with Crippen LogP contribution in [-0.2, 0) is 9.47 Å². The minimum absolute atomic E-state index is 0.0140. The average molecular weight is 492 g/mol. The molecule has 0 aromatic heterocycles. The van der Waals surface area contributed by atoms with Crippen LogP contribution in [0.1, 0.15) is 76.4 Å². The van der Waals surface area contributed by atoms with E-state index in [2.05, 4.69) is 10.6 Å². The van der Waals surface area contributed by atoms with Crippen molar-refractivity contribution in [2.45, 2.75) is 76.9 Å². The first-order valence-corrected chi connectivity index (χ1v) is 13.8. The Bertz CT molecular complexity index is 744. The van der Waals surface area contributed by atoms with Gasteiger partial charge in [0, 0.05) is 51.4 Å². The summed E-state index contributed by atoms with van der Waals surface area (Å²) in [5, 5.41) is 6.57. The molecule has 1 aliphatic heterocycles. The van der Waals surface area contributed by atoms with Crippen molar-refractivity contribution < 1.29 is 18.7 Å². The zero-order valence-electron chi connectivity index (χ0n) is 21.8. The SMILES string of the molecule is CCOCCCOC(c1cccc(F)c1)[C@@H]1CCCN(C(=O)N[C@H](CNC)CC2CCCCC2)C1. The number of ether oxygens (including phenoxy) is 2. The molecule has 6 nitrogen and oxygen atoms in total. The topological polar surface area (TPSA) is 62.8 Å². The molecule has 0 spiro atoms. The van der Waals surface area contributed by atoms with E-state index in [-0.39, 0.29) is 29.9 Å². The monoisotopic (exact) mass is 491 g/mol. The Hall–Kier alpha value is -1.70. The number of nitrogens with one attached hydrogen (secondary N) is 2. The summed E-state index contributed by atoms with van der Waals surface area (Å²) in [6.45, 7) is 6.03. The van der Waals surface area contributed by atoms with Gasteiger partial charge < -0.3 is 25.0 Å². The smallest absolute Gasteiger partial charge is 0.317 e. The van der Waals surface area contributed by atoms with E-state index in [1.807, 2.05) is 24.9 Å². The van der Waals surface area contributed by atoms with Crippen molar-refractivity contribution in [1.82, 2.24) is 15.5 Å². The van der Waals surface area contributed by atoms with Crippen LogP contribution in [0.15, 0.2) is 24.3 Å². The number of urea groups is 1. The first kappa shape index (κ1) is 27.9. The molecule has 2 fully saturated rings. The molecule has 3 rings (SSSR count). The molecule has 1 aromatic carbocycles. The highest BCUT2D eigenvalue weighted by Crippen LogP contribution is 2.34. The standard InChI is InChI=1S/C28H46FN3O3/c1-3-34-16-9-17-35-27(23-12-7-14-25(29)19-23)24-13-8-15-32(21-24)28(33)31-26(20-30-2)18-22-10-5-4-6-11-22/h7,12,14,19,22,24,26-27,30H,3-6,8-11,13,15-18,20-21H2,1-2H3,(H,31,33)/t24-,26+,27?/m1/s1. The Morgan fingerprint density at radius 2 is 2.00 bits per heavy atom. The summed E-state index contributed by atoms with van der Waals surface area (Å²) < 4.78 is 25.8. The Morgan fingerprint density at radius 3 is 2.74 bits per heavy atom. The highest BCUT2D eigenvalue weighted by atomic mass is 19.1. The van der Waals surface area contributed by atoms with E-state index in [1.165, 1.54) is 38.2 Å². The van der Waals surface area contributed by atoms with Gasteiger partial charge in [-0.2, -0.15) is 0 Å². The molecular weight excluding hydrogens is 445 g/mol. The van der Waals surface area contributed by atoms with Crippen molar-refractivity contribution in [2.75, 3.05) is 46.5 Å². The summed E-state index contributed by atoms with van der Waals surface area (Å²) >= 11 is 0. The van der Waals surface area contributed by atoms with Gasteiger partial charge in [-0.15, -0.1) is 0 Å². The molecule has 2 N–H and O–H groups in total. The first-order chi connectivity index (χ1) is 17.1. The van der Waals surface area contributed by atoms with Gasteiger partial charge in [0.1, 0.15) is 5.82 Å². The number of hydrogen-bond acceptors (Lipinski definition) is 4. The number of hydrogen-bond donors (Lipinski definition) is 2. The lowest BCUT2D eigenvalue weighted by Gasteiger charge is -2.38. The second-order valence-electron chi connectivity index (χ2n) is 10.2. The summed E-state index contributed by atoms with van der Waals surface area (Å²) in [5.41, 5.74) is 0.846. The maximum absolute atomic E-state index is 14.0. The normalized spacial score (nSPS) is 21.0. The number of likely N-dealkylation sites (N-methyl/N-ethyl adjacent to an activating group) is 1. The van der Waals surface area contributed by atoms with Crippen molar-refractivity contribution in [1.29, 1.82) is 0 Å². The largest absolute Gasteiger partial charge is 0.382 e. The second-order valence-corrected chi connectivity index (χ2v) is 10.2. The van der Waals surface area contributed by atoms with E-state index >= 15 is 0 Å². The molecule has 2 amide bonds. The van der Waals surface area contributed by atoms with E-state index in [9.17, 15) is 9.18 Å². The van der Waals surface area contributed by atoms with Gasteiger partial charge in [0.2, 0.25) is 0 Å². The highest BCUT2D eigenvalue weighted by molar-refractivity contribution is 5.74. The Balaban J connectivity index is 1.61. The van der Waals surface area contributed by atoms with E-state index < -0.39 is 0 Å². The third-order valence-corrected chi connectivity index (χ3v) is 7.41. The molecule has 1 unspecified atom stereocenters. The lowest BCUT2D eigenvalue weighted by atomic mass is 9.85. The third-order valence-electron chi connectivity index (χ3n) is 7.41. The average Bonchev–Trinajstić information content (AvgIpc) is 2.87. The van der Waals surface area contributed by atoms with E-state index in [0.717, 1.165) is 44.3 Å². The number of halogens is 1. The molecular formula is C28H46FN3O3. The molecule has 1 saturated heterocycles. The lowest BCUT2D eigenvalue weighted by Crippen LogP contribution is -2.52. The van der Waals surface area contributed by atoms with Gasteiger partial charge in [-0.05, 0) is 63.3 Å². The van der Waals surface area contributed by atoms with E-state index in [0.29, 0.717) is 32.3 Å². The maximum Gasteiger partial charge on any atom is 0.317 e. The quantitative estimate of drug-likeness (QED) is 0.368. The van der Waals surface area contributed by atoms with Crippen LogP contribution in [0.4, 0.5) is 9.18 Å². The molecule has 1 aromatic rings. The number of amides is 2. The van der Waals surface area contributed by atoms with Crippen molar-refractivity contribution in [2.24, 2.45) is 11.8 Å². The Morgan fingerprint density at radius 1 is 1.17 bits per heavy atom. The second kappa shape index (κ2) is 15.4. The van der Waals surface area contributed by atoms with Crippen LogP contribution < -0.4 is 10.6 Å². The predicted molar refractivity (Wildman–Crippen MR) is 138 cm³/mol. The molecule has 1 aliphatic carbocycles. The molecule has 2 aliphatic rings. The molecule has 0 radical (unpaired) electrons. The van der Waals surface area contributed by atoms with Gasteiger partial charge in [-0.1, -0.05) is 44.2 Å². The number of nitrogens with zero attached hydrogens (tertiary/aromatic N) is 1. The predicted octanol–water partition coefficient (Wildman–Crippen LogP) is 5.29. The minimum atomic E-state index is -0.256. The number of carbonyl (C=O) groups excluding carboxylic acids is 1. The van der Waals surface area contributed by atoms with Gasteiger partial charge in [0.15, 0.2) is 0 Å². The number of piperidine rings is 1. The minimum Gasteiger partial charge on any atom is -0.382 e. The van der Waals surface area contributed by atoms with E-state index in [4.69, 9.17) is 9.47 Å². The fourth-order valence-corrected chi connectivity index (χ4v) is 5.68. The highest BCUT2D eigenvalue weighted by Gasteiger charge is 2.32. The number of likely N-dealkylation sites (tertiary alicyclic amines) is 1. The van der Waals surface area contributed by atoms with Crippen molar-refractivity contribution in [3.63, 3.8) is 0 Å². The maximum atomic E-state index is 14.0. The van der Waals surface area contributed by atoms with Crippen LogP contribution in [-0.4, -0.2) is 63.5 Å². The summed E-state index contributed by atoms with van der Waals surface area (Å²) in [7, 11) is 1.95. The van der Waals surface area contributed by atoms with Crippen LogP contribution in [0.25, 0.3) is 0 Å². The van der Waals surface area contributed by atoms with Gasteiger partial charge in [-0.3, -0.25) is 0 Å². The summed E-state index contributed by atoms with van der Waals surface area (Å²) in [5.74, 6) is 0.580. The third kappa shape index (κ3) is 9.36. The van der Waals surface area contributed by atoms with Crippen LogP contribution in [0, 0.1) is 17.7 Å². The zero-order chi connectivity index (χ0) is 24.9. The van der Waals surface area contributed by atoms with Crippen molar-refractivity contribution in [3.05, 3.63) is 35.6 Å². The van der Waals surface area contributed by atoms with Gasteiger partial charge in [0.05, 0.1) is 6.10 Å². The Labute approximate surface area is 211 Å². The molecule has 1 heterocycles. The summed E-state index contributed by atoms with van der Waals surface area (Å²) in [6.07, 6.45) is 9.99. The lowest BCUT2D eigenvalue weighted by molar-refractivity contribution is -0.0186.